The molecule has 0 aromatic heterocycles. The molecule has 0 spiro atoms. The summed E-state index contributed by atoms with van der Waals surface area (Å²) in [6.45, 7) is 0.405. The molecule has 0 aliphatic rings. The maximum Gasteiger partial charge on any atom is 0.255 e. The quantitative estimate of drug-likeness (QED) is 0.905. The van der Waals surface area contributed by atoms with E-state index in [9.17, 15) is 26.4 Å². The minimum absolute atomic E-state index is 0.0833. The lowest BCUT2D eigenvalue weighted by Gasteiger charge is -2.18. The van der Waals surface area contributed by atoms with E-state index in [2.05, 4.69) is 0 Å². The van der Waals surface area contributed by atoms with Crippen molar-refractivity contribution in [1.82, 2.24) is 4.90 Å². The summed E-state index contributed by atoms with van der Waals surface area (Å²) < 4.78 is 60.4. The Morgan fingerprint density at radius 1 is 1.40 bits per heavy atom. The number of carbonyl (C=O) groups excluding carboxylic acids is 1. The van der Waals surface area contributed by atoms with E-state index in [1.807, 2.05) is 0 Å². The van der Waals surface area contributed by atoms with Gasteiger partial charge in [-0.3, -0.25) is 4.79 Å². The highest BCUT2D eigenvalue weighted by Crippen LogP contribution is 2.21. The van der Waals surface area contributed by atoms with E-state index < -0.39 is 39.6 Å². The Hall–Kier alpha value is -1.61. The number of halogens is 3. The van der Waals surface area contributed by atoms with Gasteiger partial charge in [-0.15, -0.1) is 0 Å². The van der Waals surface area contributed by atoms with Gasteiger partial charge in [-0.25, -0.2) is 26.7 Å². The maximum absolute atomic E-state index is 13.4. The first-order chi connectivity index (χ1) is 9.04. The lowest BCUT2D eigenvalue weighted by molar-refractivity contribution is 0.0619. The van der Waals surface area contributed by atoms with Gasteiger partial charge >= 0.3 is 0 Å². The van der Waals surface area contributed by atoms with Crippen LogP contribution in [-0.4, -0.2) is 39.2 Å². The lowest BCUT2D eigenvalue weighted by atomic mass is 10.1. The highest BCUT2D eigenvalue weighted by Gasteiger charge is 2.23. The molecule has 112 valence electrons. The number of benzene rings is 1. The predicted molar refractivity (Wildman–Crippen MR) is 65.5 cm³/mol. The monoisotopic (exact) mass is 310 g/mol. The summed E-state index contributed by atoms with van der Waals surface area (Å²) in [6.07, 6.45) is -2.75. The van der Waals surface area contributed by atoms with Crippen molar-refractivity contribution in [3.8, 4) is 0 Å². The summed E-state index contributed by atoms with van der Waals surface area (Å²) in [5, 5.41) is 4.91. The van der Waals surface area contributed by atoms with Crippen LogP contribution < -0.4 is 5.14 Å². The summed E-state index contributed by atoms with van der Waals surface area (Å²) in [7, 11) is -3.11. The van der Waals surface area contributed by atoms with Crippen molar-refractivity contribution >= 4 is 15.9 Å². The second-order valence-electron chi connectivity index (χ2n) is 4.20. The Morgan fingerprint density at radius 2 is 1.95 bits per heavy atom. The van der Waals surface area contributed by atoms with Gasteiger partial charge in [0.1, 0.15) is 5.82 Å². The predicted octanol–water partition coefficient (Wildman–Crippen LogP) is 1.12. The number of nitrogens with zero attached hydrogens (tertiary/aromatic N) is 1. The molecule has 0 saturated heterocycles. The number of sulfonamides is 1. The van der Waals surface area contributed by atoms with Crippen molar-refractivity contribution in [2.45, 2.75) is 18.2 Å². The molecule has 0 heterocycles. The lowest BCUT2D eigenvalue weighted by Crippen LogP contribution is -2.32. The standard InChI is InChI=1S/C11H13F3N2O3S/c1-6-8(11(17)16(2)5-10(13)14)3-7(12)4-9(6)20(15,18)19/h3-4,10H,5H2,1-2H3,(H2,15,18,19). The number of amides is 1. The molecular formula is C11H13F3N2O3S. The van der Waals surface area contributed by atoms with E-state index in [-0.39, 0.29) is 11.1 Å². The van der Waals surface area contributed by atoms with E-state index in [0.29, 0.717) is 11.0 Å². The van der Waals surface area contributed by atoms with Gasteiger partial charge < -0.3 is 4.90 Å². The van der Waals surface area contributed by atoms with Crippen molar-refractivity contribution in [3.05, 3.63) is 29.1 Å². The molecule has 5 nitrogen and oxygen atoms in total. The van der Waals surface area contributed by atoms with E-state index >= 15 is 0 Å². The van der Waals surface area contributed by atoms with Crippen molar-refractivity contribution in [1.29, 1.82) is 0 Å². The van der Waals surface area contributed by atoms with Crippen LogP contribution in [-0.2, 0) is 10.0 Å². The Morgan fingerprint density at radius 3 is 2.40 bits per heavy atom. The number of primary sulfonamides is 1. The topological polar surface area (TPSA) is 80.5 Å². The molecule has 9 heteroatoms. The van der Waals surface area contributed by atoms with Crippen molar-refractivity contribution in [2.75, 3.05) is 13.6 Å². The van der Waals surface area contributed by atoms with Gasteiger partial charge in [-0.2, -0.15) is 0 Å². The SMILES string of the molecule is Cc1c(C(=O)N(C)CC(F)F)cc(F)cc1S(N)(=O)=O. The summed E-state index contributed by atoms with van der Waals surface area (Å²) in [4.78, 5) is 12.1. The number of alkyl halides is 2. The van der Waals surface area contributed by atoms with Crippen molar-refractivity contribution in [2.24, 2.45) is 5.14 Å². The number of nitrogens with two attached hydrogens (primary N) is 1. The first kappa shape index (κ1) is 16.4. The molecule has 1 rings (SSSR count). The zero-order valence-electron chi connectivity index (χ0n) is 10.7. The van der Waals surface area contributed by atoms with Crippen LogP contribution in [0.1, 0.15) is 15.9 Å². The molecule has 0 saturated carbocycles. The zero-order chi connectivity index (χ0) is 15.7. The van der Waals surface area contributed by atoms with Crippen molar-refractivity contribution < 1.29 is 26.4 Å². The number of carbonyl (C=O) groups is 1. The molecular weight excluding hydrogens is 297 g/mol. The summed E-state index contributed by atoms with van der Waals surface area (Å²) >= 11 is 0. The first-order valence-electron chi connectivity index (χ1n) is 5.40. The van der Waals surface area contributed by atoms with Crippen LogP contribution >= 0.6 is 0 Å². The van der Waals surface area contributed by atoms with Gasteiger partial charge in [0.05, 0.1) is 11.4 Å². The van der Waals surface area contributed by atoms with E-state index in [0.717, 1.165) is 13.1 Å². The third-order valence-corrected chi connectivity index (χ3v) is 3.66. The molecule has 0 fully saturated rings. The average Bonchev–Trinajstić information content (AvgIpc) is 2.28. The van der Waals surface area contributed by atoms with Crippen LogP contribution in [0.5, 0.6) is 0 Å². The van der Waals surface area contributed by atoms with Gasteiger partial charge in [0.15, 0.2) is 0 Å². The van der Waals surface area contributed by atoms with Gasteiger partial charge in [0, 0.05) is 12.6 Å². The second-order valence-corrected chi connectivity index (χ2v) is 5.73. The molecule has 0 unspecified atom stereocenters. The van der Waals surface area contributed by atoms with Crippen LogP contribution in [0.25, 0.3) is 0 Å². The van der Waals surface area contributed by atoms with Gasteiger partial charge in [0.25, 0.3) is 12.3 Å². The van der Waals surface area contributed by atoms with Gasteiger partial charge in [-0.1, -0.05) is 0 Å². The highest BCUT2D eigenvalue weighted by atomic mass is 32.2. The van der Waals surface area contributed by atoms with E-state index in [1.165, 1.54) is 6.92 Å². The highest BCUT2D eigenvalue weighted by molar-refractivity contribution is 7.89. The molecule has 0 aliphatic heterocycles. The molecule has 2 N–H and O–H groups in total. The zero-order valence-corrected chi connectivity index (χ0v) is 11.5. The summed E-state index contributed by atoms with van der Waals surface area (Å²) in [5.74, 6) is -1.90. The molecule has 0 aliphatic carbocycles. The minimum Gasteiger partial charge on any atom is -0.336 e. The fourth-order valence-electron chi connectivity index (χ4n) is 1.67. The van der Waals surface area contributed by atoms with Crippen LogP contribution in [0, 0.1) is 12.7 Å². The molecule has 1 aromatic rings. The summed E-state index contributed by atoms with van der Waals surface area (Å²) in [6, 6.07) is 1.46. The number of hydrogen-bond acceptors (Lipinski definition) is 3. The van der Waals surface area contributed by atoms with E-state index in [4.69, 9.17) is 5.14 Å². The Bertz CT molecular complexity index is 632. The maximum atomic E-state index is 13.4. The normalized spacial score (nSPS) is 11.8. The molecule has 0 atom stereocenters. The van der Waals surface area contributed by atoms with E-state index in [1.54, 1.807) is 0 Å². The third kappa shape index (κ3) is 3.70. The molecule has 0 bridgehead atoms. The van der Waals surface area contributed by atoms with Crippen LogP contribution in [0.3, 0.4) is 0 Å². The third-order valence-electron chi connectivity index (χ3n) is 2.62. The molecule has 0 radical (unpaired) electrons. The van der Waals surface area contributed by atoms with Crippen LogP contribution in [0.15, 0.2) is 17.0 Å². The largest absolute Gasteiger partial charge is 0.336 e. The first-order valence-corrected chi connectivity index (χ1v) is 6.95. The van der Waals surface area contributed by atoms with Crippen molar-refractivity contribution in [3.63, 3.8) is 0 Å². The summed E-state index contributed by atoms with van der Waals surface area (Å²) in [5.41, 5.74) is -0.405. The average molecular weight is 310 g/mol. The Balaban J connectivity index is 3.33. The second kappa shape index (κ2) is 5.80. The fourth-order valence-corrected chi connectivity index (χ4v) is 2.48. The van der Waals surface area contributed by atoms with Crippen LogP contribution in [0.2, 0.25) is 0 Å². The van der Waals surface area contributed by atoms with Gasteiger partial charge in [0.2, 0.25) is 10.0 Å². The number of hydrogen-bond donors (Lipinski definition) is 1. The molecule has 1 amide bonds. The minimum atomic E-state index is -4.22. The van der Waals surface area contributed by atoms with Crippen LogP contribution in [0.4, 0.5) is 13.2 Å². The number of rotatable bonds is 4. The Labute approximate surface area is 114 Å². The van der Waals surface area contributed by atoms with Gasteiger partial charge in [-0.05, 0) is 24.6 Å². The molecule has 1 aromatic carbocycles. The molecule has 20 heavy (non-hydrogen) atoms. The fraction of sp³-hybridized carbons (Fsp3) is 0.364. The smallest absolute Gasteiger partial charge is 0.255 e. The Kier molecular flexibility index (Phi) is 4.77.